The van der Waals surface area contributed by atoms with Gasteiger partial charge in [-0.2, -0.15) is 0 Å². The maximum Gasteiger partial charge on any atom is 0.273 e. The highest BCUT2D eigenvalue weighted by Crippen LogP contribution is 1.87. The first-order chi connectivity index (χ1) is 3.72. The molecule has 0 aliphatic heterocycles. The summed E-state index contributed by atoms with van der Waals surface area (Å²) in [6.07, 6.45) is 1.26. The molecule has 0 heterocycles. The molecule has 1 nitrogen and oxygen atoms in total. The second kappa shape index (κ2) is 4.56. The zero-order chi connectivity index (χ0) is 6.57. The molecular formula is C6H15IN+. The van der Waals surface area contributed by atoms with E-state index in [4.69, 9.17) is 0 Å². The minimum absolute atomic E-state index is 0.760. The van der Waals surface area contributed by atoms with Crippen LogP contribution in [0.3, 0.4) is 0 Å². The molecule has 50 valence electrons. The van der Waals surface area contributed by atoms with Crippen LogP contribution in [0.4, 0.5) is 0 Å². The van der Waals surface area contributed by atoms with Gasteiger partial charge in [-0.15, -0.1) is 0 Å². The fraction of sp³-hybridized carbons (Fsp3) is 1.00. The lowest BCUT2D eigenvalue weighted by Crippen LogP contribution is -3.40. The highest BCUT2D eigenvalue weighted by molar-refractivity contribution is 4.47. The molecule has 0 spiro atoms. The van der Waals surface area contributed by atoms with Crippen LogP contribution in [0.25, 0.3) is 0 Å². The lowest BCUT2D eigenvalue weighted by molar-refractivity contribution is -0.455. The summed E-state index contributed by atoms with van der Waals surface area (Å²) in [5.41, 5.74) is 0. The van der Waals surface area contributed by atoms with Crippen molar-refractivity contribution in [2.75, 3.05) is 13.6 Å². The van der Waals surface area contributed by atoms with E-state index in [1.54, 1.807) is 0 Å². The van der Waals surface area contributed by atoms with E-state index in [-0.39, 0.29) is 0 Å². The Balaban J connectivity index is 3.29. The number of halogens is 1. The molecule has 1 atom stereocenters. The van der Waals surface area contributed by atoms with Crippen molar-refractivity contribution < 1.29 is 22.6 Å². The molecule has 0 aliphatic carbocycles. The first-order valence-electron chi connectivity index (χ1n) is 3.08. The van der Waals surface area contributed by atoms with Gasteiger partial charge in [0.1, 0.15) is 0 Å². The average molecular weight is 228 g/mol. The summed E-state index contributed by atoms with van der Waals surface area (Å²) in [5, 5.41) is 0. The molecule has 0 aromatic carbocycles. The molecule has 1 unspecified atom stereocenters. The SMILES string of the molecule is CCC([IH+])N(C)CC. The molecule has 0 N–H and O–H groups in total. The van der Waals surface area contributed by atoms with Gasteiger partial charge in [0, 0.05) is 6.42 Å². The van der Waals surface area contributed by atoms with Gasteiger partial charge >= 0.3 is 0 Å². The van der Waals surface area contributed by atoms with Crippen molar-refractivity contribution in [2.45, 2.75) is 24.3 Å². The van der Waals surface area contributed by atoms with Crippen LogP contribution in [-0.2, 0) is 0 Å². The van der Waals surface area contributed by atoms with Gasteiger partial charge < -0.3 is 0 Å². The number of alkyl halides is 1. The van der Waals surface area contributed by atoms with E-state index >= 15 is 0 Å². The summed E-state index contributed by atoms with van der Waals surface area (Å²) in [6.45, 7) is 5.57. The number of hydrogen-bond donors (Lipinski definition) is 0. The Labute approximate surface area is 65.6 Å². The lowest BCUT2D eigenvalue weighted by Gasteiger charge is -2.12. The number of nitrogens with zero attached hydrogens (tertiary/aromatic N) is 1. The van der Waals surface area contributed by atoms with Crippen molar-refractivity contribution in [3.8, 4) is 0 Å². The molecule has 8 heavy (non-hydrogen) atoms. The monoisotopic (exact) mass is 228 g/mol. The molecular weight excluding hydrogens is 213 g/mol. The van der Waals surface area contributed by atoms with Crippen molar-refractivity contribution in [3.05, 3.63) is 0 Å². The molecule has 0 amide bonds. The summed E-state index contributed by atoms with van der Waals surface area (Å²) in [6, 6.07) is 0. The van der Waals surface area contributed by atoms with Crippen LogP contribution in [0.15, 0.2) is 0 Å². The predicted octanol–water partition coefficient (Wildman–Crippen LogP) is -2.04. The van der Waals surface area contributed by atoms with Crippen LogP contribution in [-0.4, -0.2) is 22.5 Å². The minimum Gasteiger partial charge on any atom is -0.264 e. The van der Waals surface area contributed by atoms with E-state index < -0.39 is 0 Å². The van der Waals surface area contributed by atoms with Gasteiger partial charge in [0.05, 0.1) is 0 Å². The Morgan fingerprint density at radius 3 is 2.12 bits per heavy atom. The van der Waals surface area contributed by atoms with Gasteiger partial charge in [0.25, 0.3) is 22.6 Å². The normalized spacial score (nSPS) is 14.6. The number of hydrogen-bond acceptors (Lipinski definition) is 1. The third kappa shape index (κ3) is 2.87. The smallest absolute Gasteiger partial charge is 0.264 e. The highest BCUT2D eigenvalue weighted by atomic mass is 127. The largest absolute Gasteiger partial charge is 0.273 e. The van der Waals surface area contributed by atoms with Gasteiger partial charge in [-0.25, -0.2) is 0 Å². The van der Waals surface area contributed by atoms with Crippen molar-refractivity contribution >= 4 is 0 Å². The summed E-state index contributed by atoms with van der Waals surface area (Å²) >= 11 is 2.19. The van der Waals surface area contributed by atoms with Crippen molar-refractivity contribution in [3.63, 3.8) is 0 Å². The standard InChI is InChI=1S/C6H15IN/c1-4-6(7)8(3)5-2/h6-7H,4-5H2,1-3H3/q+1. The molecule has 0 saturated carbocycles. The second-order valence-corrected chi connectivity index (χ2v) is 3.49. The van der Waals surface area contributed by atoms with Gasteiger partial charge in [-0.05, 0) is 13.6 Å². The van der Waals surface area contributed by atoms with Gasteiger partial charge in [0.2, 0.25) is 4.05 Å². The Morgan fingerprint density at radius 2 is 2.00 bits per heavy atom. The quantitative estimate of drug-likeness (QED) is 0.305. The third-order valence-electron chi connectivity index (χ3n) is 1.34. The Kier molecular flexibility index (Phi) is 4.95. The summed E-state index contributed by atoms with van der Waals surface area (Å²) in [5.74, 6) is 0. The third-order valence-corrected chi connectivity index (χ3v) is 3.32. The van der Waals surface area contributed by atoms with E-state index in [1.807, 2.05) is 0 Å². The van der Waals surface area contributed by atoms with Gasteiger partial charge in [-0.3, -0.25) is 4.90 Å². The zero-order valence-electron chi connectivity index (χ0n) is 5.85. The van der Waals surface area contributed by atoms with E-state index in [2.05, 4.69) is 48.4 Å². The maximum atomic E-state index is 2.35. The van der Waals surface area contributed by atoms with Crippen molar-refractivity contribution in [1.82, 2.24) is 4.90 Å². The molecule has 0 bridgehead atoms. The summed E-state index contributed by atoms with van der Waals surface area (Å²) in [7, 11) is 2.16. The van der Waals surface area contributed by atoms with Crippen LogP contribution in [0.2, 0.25) is 0 Å². The fourth-order valence-electron chi connectivity index (χ4n) is 0.515. The van der Waals surface area contributed by atoms with E-state index in [0.29, 0.717) is 0 Å². The molecule has 0 aromatic rings. The minimum atomic E-state index is 0.760. The van der Waals surface area contributed by atoms with Crippen molar-refractivity contribution in [1.29, 1.82) is 0 Å². The van der Waals surface area contributed by atoms with Crippen LogP contribution in [0.1, 0.15) is 20.3 Å². The van der Waals surface area contributed by atoms with Crippen LogP contribution in [0, 0.1) is 0 Å². The van der Waals surface area contributed by atoms with Crippen LogP contribution >= 0.6 is 0 Å². The summed E-state index contributed by atoms with van der Waals surface area (Å²) in [4.78, 5) is 2.35. The topological polar surface area (TPSA) is 3.24 Å². The second-order valence-electron chi connectivity index (χ2n) is 1.94. The Hall–Kier alpha value is 0.690. The lowest BCUT2D eigenvalue weighted by atomic mass is 10.4. The Morgan fingerprint density at radius 1 is 1.50 bits per heavy atom. The van der Waals surface area contributed by atoms with E-state index in [9.17, 15) is 0 Å². The van der Waals surface area contributed by atoms with Crippen molar-refractivity contribution in [2.24, 2.45) is 0 Å². The summed E-state index contributed by atoms with van der Waals surface area (Å²) < 4.78 is 0.760. The highest BCUT2D eigenvalue weighted by Gasteiger charge is 2.12. The van der Waals surface area contributed by atoms with E-state index in [0.717, 1.165) is 10.6 Å². The average Bonchev–Trinajstić information content (AvgIpc) is 1.84. The van der Waals surface area contributed by atoms with Gasteiger partial charge in [0.15, 0.2) is 0 Å². The molecule has 0 fully saturated rings. The van der Waals surface area contributed by atoms with Gasteiger partial charge in [-0.1, -0.05) is 13.8 Å². The molecule has 0 radical (unpaired) electrons. The zero-order valence-corrected chi connectivity index (χ0v) is 8.18. The molecule has 0 rings (SSSR count). The maximum absolute atomic E-state index is 2.35. The first kappa shape index (κ1) is 8.69. The first-order valence-corrected chi connectivity index (χ1v) is 4.43. The molecule has 0 saturated heterocycles. The fourth-order valence-corrected chi connectivity index (χ4v) is 0.941. The predicted molar refractivity (Wildman–Crippen MR) is 33.8 cm³/mol. The molecule has 0 aliphatic rings. The molecule has 0 aromatic heterocycles. The number of rotatable bonds is 3. The van der Waals surface area contributed by atoms with Crippen LogP contribution < -0.4 is 22.6 Å². The molecule has 2 heteroatoms. The Bertz CT molecular complexity index is 48.5. The van der Waals surface area contributed by atoms with Crippen LogP contribution in [0.5, 0.6) is 0 Å². The van der Waals surface area contributed by atoms with E-state index in [1.165, 1.54) is 6.42 Å².